The molecule has 0 saturated carbocycles. The molecule has 0 aliphatic heterocycles. The van der Waals surface area contributed by atoms with E-state index in [1.165, 1.54) is 11.6 Å². The van der Waals surface area contributed by atoms with Crippen LogP contribution >= 0.6 is 0 Å². The van der Waals surface area contributed by atoms with Gasteiger partial charge in [-0.1, -0.05) is 12.1 Å². The lowest BCUT2D eigenvalue weighted by Crippen LogP contribution is -2.37. The highest BCUT2D eigenvalue weighted by atomic mass is 16.5. The summed E-state index contributed by atoms with van der Waals surface area (Å²) in [7, 11) is 1.64. The molecule has 0 aliphatic carbocycles. The second-order valence-corrected chi connectivity index (χ2v) is 6.27. The number of ether oxygens (including phenoxy) is 2. The molecule has 4 N–H and O–H groups in total. The van der Waals surface area contributed by atoms with E-state index in [1.54, 1.807) is 19.2 Å². The maximum atomic E-state index is 10.1. The molecule has 0 radical (unpaired) electrons. The van der Waals surface area contributed by atoms with Gasteiger partial charge in [0.25, 0.3) is 0 Å². The lowest BCUT2D eigenvalue weighted by Gasteiger charge is -2.18. The number of nitrogens with one attached hydrogen (secondary N) is 1. The lowest BCUT2D eigenvalue weighted by atomic mass is 10.1. The lowest BCUT2D eigenvalue weighted by molar-refractivity contribution is 0.104. The number of hydrogen-bond donors (Lipinski definition) is 4. The van der Waals surface area contributed by atoms with E-state index < -0.39 is 6.10 Å². The van der Waals surface area contributed by atoms with Crippen LogP contribution in [0.4, 0.5) is 0 Å². The van der Waals surface area contributed by atoms with Crippen LogP contribution in [0.5, 0.6) is 17.2 Å². The summed E-state index contributed by atoms with van der Waals surface area (Å²) < 4.78 is 10.7. The Balaban J connectivity index is 1.72. The van der Waals surface area contributed by atoms with E-state index in [0.717, 1.165) is 12.2 Å². The topological polar surface area (TPSA) is 91.2 Å². The number of methoxy groups -OCH3 is 1. The van der Waals surface area contributed by atoms with Crippen molar-refractivity contribution < 1.29 is 24.8 Å². The first-order valence-corrected chi connectivity index (χ1v) is 8.61. The molecule has 0 aromatic heterocycles. The van der Waals surface area contributed by atoms with Gasteiger partial charge in [-0.25, -0.2) is 0 Å². The van der Waals surface area contributed by atoms with Crippen LogP contribution in [0.25, 0.3) is 0 Å². The molecule has 26 heavy (non-hydrogen) atoms. The van der Waals surface area contributed by atoms with Gasteiger partial charge in [-0.15, -0.1) is 0 Å². The molecule has 2 aromatic carbocycles. The van der Waals surface area contributed by atoms with Crippen molar-refractivity contribution >= 4 is 0 Å². The van der Waals surface area contributed by atoms with E-state index in [9.17, 15) is 10.2 Å². The van der Waals surface area contributed by atoms with E-state index in [4.69, 9.17) is 14.6 Å². The van der Waals surface area contributed by atoms with Gasteiger partial charge in [-0.3, -0.25) is 0 Å². The molecule has 0 heterocycles. The van der Waals surface area contributed by atoms with Gasteiger partial charge in [0.15, 0.2) is 0 Å². The fourth-order valence-corrected chi connectivity index (χ4v) is 2.55. The van der Waals surface area contributed by atoms with Crippen molar-refractivity contribution in [3.63, 3.8) is 0 Å². The summed E-state index contributed by atoms with van der Waals surface area (Å²) in [5.74, 6) is 1.35. The van der Waals surface area contributed by atoms with Gasteiger partial charge in [0.05, 0.1) is 13.7 Å². The molecule has 2 atom stereocenters. The minimum Gasteiger partial charge on any atom is -0.508 e. The molecule has 0 amide bonds. The number of phenols is 1. The summed E-state index contributed by atoms with van der Waals surface area (Å²) in [6, 6.07) is 12.7. The SMILES string of the molecule is COc1ccc(CC(C)NCC(O)COc2ccc(O)c(CO)c2)cc1. The zero-order valence-electron chi connectivity index (χ0n) is 15.2. The zero-order valence-corrected chi connectivity index (χ0v) is 15.2. The molecular formula is C20H27NO5. The highest BCUT2D eigenvalue weighted by Gasteiger charge is 2.10. The third kappa shape index (κ3) is 6.22. The van der Waals surface area contributed by atoms with E-state index in [-0.39, 0.29) is 25.0 Å². The molecule has 0 fully saturated rings. The van der Waals surface area contributed by atoms with Crippen molar-refractivity contribution in [1.82, 2.24) is 5.32 Å². The van der Waals surface area contributed by atoms with Crippen LogP contribution in [0, 0.1) is 0 Å². The summed E-state index contributed by atoms with van der Waals surface area (Å²) in [5.41, 5.74) is 1.58. The molecule has 0 aliphatic rings. The number of aliphatic hydroxyl groups excluding tert-OH is 2. The molecule has 6 nitrogen and oxygen atoms in total. The van der Waals surface area contributed by atoms with Crippen molar-refractivity contribution in [2.45, 2.75) is 32.1 Å². The molecule has 2 unspecified atom stereocenters. The fraction of sp³-hybridized carbons (Fsp3) is 0.400. The highest BCUT2D eigenvalue weighted by Crippen LogP contribution is 2.23. The van der Waals surface area contributed by atoms with Gasteiger partial charge in [-0.05, 0) is 49.2 Å². The van der Waals surface area contributed by atoms with Crippen LogP contribution in [0.3, 0.4) is 0 Å². The van der Waals surface area contributed by atoms with Crippen LogP contribution < -0.4 is 14.8 Å². The third-order valence-electron chi connectivity index (χ3n) is 4.07. The minimum absolute atomic E-state index is 0.0226. The number of aliphatic hydroxyl groups is 2. The molecule has 2 rings (SSSR count). The van der Waals surface area contributed by atoms with Gasteiger partial charge >= 0.3 is 0 Å². The number of hydrogen-bond acceptors (Lipinski definition) is 6. The molecule has 0 spiro atoms. The maximum absolute atomic E-state index is 10.1. The average molecular weight is 361 g/mol. The predicted octanol–water partition coefficient (Wildman–Crippen LogP) is 1.85. The van der Waals surface area contributed by atoms with Crippen LogP contribution in [-0.2, 0) is 13.0 Å². The standard InChI is InChI=1S/C20H27NO5/c1-14(9-15-3-5-18(25-2)6-4-15)21-11-17(23)13-26-19-7-8-20(24)16(10-19)12-22/h3-8,10,14,17,21-24H,9,11-13H2,1-2H3. The monoisotopic (exact) mass is 361 g/mol. The van der Waals surface area contributed by atoms with Crippen molar-refractivity contribution in [1.29, 1.82) is 0 Å². The summed E-state index contributed by atoms with van der Waals surface area (Å²) in [6.45, 7) is 2.32. The van der Waals surface area contributed by atoms with E-state index >= 15 is 0 Å². The second-order valence-electron chi connectivity index (χ2n) is 6.27. The van der Waals surface area contributed by atoms with Crippen LogP contribution in [0.15, 0.2) is 42.5 Å². The largest absolute Gasteiger partial charge is 0.508 e. The smallest absolute Gasteiger partial charge is 0.121 e. The Kier molecular flexibility index (Phi) is 7.72. The summed E-state index contributed by atoms with van der Waals surface area (Å²) >= 11 is 0. The fourth-order valence-electron chi connectivity index (χ4n) is 2.55. The molecule has 0 bridgehead atoms. The van der Waals surface area contributed by atoms with Gasteiger partial charge < -0.3 is 30.1 Å². The van der Waals surface area contributed by atoms with Gasteiger partial charge in [-0.2, -0.15) is 0 Å². The molecular weight excluding hydrogens is 334 g/mol. The van der Waals surface area contributed by atoms with Crippen LogP contribution in [-0.4, -0.2) is 47.7 Å². The van der Waals surface area contributed by atoms with Gasteiger partial charge in [0, 0.05) is 18.2 Å². The summed E-state index contributed by atoms with van der Waals surface area (Å²) in [5, 5.41) is 32.0. The first-order chi connectivity index (χ1) is 12.5. The van der Waals surface area contributed by atoms with Crippen molar-refractivity contribution in [2.24, 2.45) is 0 Å². The zero-order chi connectivity index (χ0) is 18.9. The number of rotatable bonds is 10. The first kappa shape index (κ1) is 20.0. The normalized spacial score (nSPS) is 13.2. The minimum atomic E-state index is -0.667. The van der Waals surface area contributed by atoms with Gasteiger partial charge in [0.2, 0.25) is 0 Å². The first-order valence-electron chi connectivity index (χ1n) is 8.61. The van der Waals surface area contributed by atoms with Crippen molar-refractivity contribution in [3.8, 4) is 17.2 Å². The quantitative estimate of drug-likeness (QED) is 0.516. The van der Waals surface area contributed by atoms with Crippen molar-refractivity contribution in [3.05, 3.63) is 53.6 Å². The molecule has 2 aromatic rings. The van der Waals surface area contributed by atoms with E-state index in [0.29, 0.717) is 17.9 Å². The Bertz CT molecular complexity index is 674. The molecule has 142 valence electrons. The maximum Gasteiger partial charge on any atom is 0.121 e. The Labute approximate surface area is 154 Å². The van der Waals surface area contributed by atoms with E-state index in [1.807, 2.05) is 24.3 Å². The Morgan fingerprint density at radius 1 is 1.08 bits per heavy atom. The second kappa shape index (κ2) is 10.0. The van der Waals surface area contributed by atoms with E-state index in [2.05, 4.69) is 12.2 Å². The van der Waals surface area contributed by atoms with Crippen LogP contribution in [0.2, 0.25) is 0 Å². The summed E-state index contributed by atoms with van der Waals surface area (Å²) in [6.07, 6.45) is 0.176. The Morgan fingerprint density at radius 2 is 1.77 bits per heavy atom. The van der Waals surface area contributed by atoms with Gasteiger partial charge in [0.1, 0.15) is 30.0 Å². The highest BCUT2D eigenvalue weighted by molar-refractivity contribution is 5.38. The molecule has 6 heteroatoms. The number of benzene rings is 2. The predicted molar refractivity (Wildman–Crippen MR) is 99.7 cm³/mol. The number of aromatic hydroxyl groups is 1. The summed E-state index contributed by atoms with van der Waals surface area (Å²) in [4.78, 5) is 0. The molecule has 0 saturated heterocycles. The Hall–Kier alpha value is -2.28. The van der Waals surface area contributed by atoms with Crippen LogP contribution in [0.1, 0.15) is 18.1 Å². The van der Waals surface area contributed by atoms with Crippen molar-refractivity contribution in [2.75, 3.05) is 20.3 Å². The Morgan fingerprint density at radius 3 is 2.42 bits per heavy atom. The third-order valence-corrected chi connectivity index (χ3v) is 4.07. The average Bonchev–Trinajstić information content (AvgIpc) is 2.66.